The molecule has 0 unspecified atom stereocenters. The Bertz CT molecular complexity index is 1410. The zero-order valence-electron chi connectivity index (χ0n) is 22.2. The Morgan fingerprint density at radius 3 is 2.31 bits per heavy atom. The first-order chi connectivity index (χ1) is 18.7. The zero-order chi connectivity index (χ0) is 28.0. The number of carbonyl (C=O) groups excluding carboxylic acids is 2. The van der Waals surface area contributed by atoms with Crippen LogP contribution in [0.1, 0.15) is 43.7 Å². The number of carbonyl (C=O) groups is 2. The van der Waals surface area contributed by atoms with Crippen LogP contribution in [-0.4, -0.2) is 43.8 Å². The third-order valence-corrected chi connectivity index (χ3v) is 9.46. The molecule has 0 aliphatic heterocycles. The van der Waals surface area contributed by atoms with Crippen molar-refractivity contribution >= 4 is 43.5 Å². The Morgan fingerprint density at radius 2 is 1.64 bits per heavy atom. The maximum absolute atomic E-state index is 14.0. The molecule has 4 rings (SSSR count). The molecule has 9 heteroatoms. The van der Waals surface area contributed by atoms with Gasteiger partial charge in [0.15, 0.2) is 0 Å². The second-order valence-corrected chi connectivity index (χ2v) is 12.7. The number of hydrogen-bond donors (Lipinski definition) is 1. The smallest absolute Gasteiger partial charge is 0.264 e. The number of hydrogen-bond acceptors (Lipinski definition) is 4. The molecule has 1 aliphatic rings. The predicted molar refractivity (Wildman–Crippen MR) is 157 cm³/mol. The third-order valence-electron chi connectivity index (χ3n) is 7.18. The molecule has 206 valence electrons. The number of nitrogens with zero attached hydrogens (tertiary/aromatic N) is 2. The second kappa shape index (κ2) is 12.8. The monoisotopic (exact) mass is 611 g/mol. The van der Waals surface area contributed by atoms with Crippen molar-refractivity contribution in [2.24, 2.45) is 0 Å². The van der Waals surface area contributed by atoms with Crippen LogP contribution in [-0.2, 0) is 26.2 Å². The highest BCUT2D eigenvalue weighted by Gasteiger charge is 2.33. The quantitative estimate of drug-likeness (QED) is 0.331. The molecule has 7 nitrogen and oxygen atoms in total. The van der Waals surface area contributed by atoms with Gasteiger partial charge in [-0.15, -0.1) is 0 Å². The lowest BCUT2D eigenvalue weighted by molar-refractivity contribution is -0.139. The Labute approximate surface area is 239 Å². The van der Waals surface area contributed by atoms with Crippen molar-refractivity contribution in [2.45, 2.75) is 63.1 Å². The first-order valence-corrected chi connectivity index (χ1v) is 15.4. The number of aryl methyl sites for hydroxylation is 1. The van der Waals surface area contributed by atoms with Crippen LogP contribution in [0.5, 0.6) is 0 Å². The minimum Gasteiger partial charge on any atom is -0.352 e. The van der Waals surface area contributed by atoms with Gasteiger partial charge in [0.25, 0.3) is 10.0 Å². The number of halogens is 1. The summed E-state index contributed by atoms with van der Waals surface area (Å²) in [5.41, 5.74) is 2.23. The highest BCUT2D eigenvalue weighted by Crippen LogP contribution is 2.27. The molecule has 0 heterocycles. The summed E-state index contributed by atoms with van der Waals surface area (Å²) in [6, 6.07) is 21.9. The van der Waals surface area contributed by atoms with Crippen LogP contribution in [0.4, 0.5) is 5.69 Å². The fourth-order valence-corrected chi connectivity index (χ4v) is 6.64. The van der Waals surface area contributed by atoms with Crippen molar-refractivity contribution in [3.05, 3.63) is 94.5 Å². The predicted octanol–water partition coefficient (Wildman–Crippen LogP) is 5.43. The topological polar surface area (TPSA) is 86.8 Å². The van der Waals surface area contributed by atoms with Crippen molar-refractivity contribution in [1.82, 2.24) is 10.2 Å². The van der Waals surface area contributed by atoms with Crippen LogP contribution < -0.4 is 9.62 Å². The van der Waals surface area contributed by atoms with Gasteiger partial charge in [0.1, 0.15) is 12.6 Å². The molecule has 3 aromatic rings. The highest BCUT2D eigenvalue weighted by molar-refractivity contribution is 9.10. The van der Waals surface area contributed by atoms with Gasteiger partial charge in [-0.25, -0.2) is 8.42 Å². The number of amides is 2. The van der Waals surface area contributed by atoms with E-state index in [0.29, 0.717) is 10.2 Å². The molecular formula is C30H34BrN3O4S. The summed E-state index contributed by atoms with van der Waals surface area (Å²) in [5, 5.41) is 3.09. The van der Waals surface area contributed by atoms with Gasteiger partial charge in [0.2, 0.25) is 11.8 Å². The fraction of sp³-hybridized carbons (Fsp3) is 0.333. The molecule has 2 amide bonds. The molecular weight excluding hydrogens is 578 g/mol. The van der Waals surface area contributed by atoms with Gasteiger partial charge < -0.3 is 10.2 Å². The Hall–Kier alpha value is -3.17. The fourth-order valence-electron chi connectivity index (χ4n) is 4.83. The maximum Gasteiger partial charge on any atom is 0.264 e. The van der Waals surface area contributed by atoms with E-state index in [1.807, 2.05) is 31.2 Å². The Kier molecular flexibility index (Phi) is 9.45. The Balaban J connectivity index is 1.69. The molecule has 1 saturated carbocycles. The van der Waals surface area contributed by atoms with Crippen molar-refractivity contribution in [1.29, 1.82) is 0 Å². The van der Waals surface area contributed by atoms with Crippen LogP contribution in [0.15, 0.2) is 88.2 Å². The first kappa shape index (κ1) is 28.8. The second-order valence-electron chi connectivity index (χ2n) is 9.92. The summed E-state index contributed by atoms with van der Waals surface area (Å²) in [6.07, 6.45) is 4.00. The van der Waals surface area contributed by atoms with Crippen molar-refractivity contribution < 1.29 is 18.0 Å². The Morgan fingerprint density at radius 1 is 0.974 bits per heavy atom. The van der Waals surface area contributed by atoms with E-state index in [-0.39, 0.29) is 23.4 Å². The first-order valence-electron chi connectivity index (χ1n) is 13.1. The van der Waals surface area contributed by atoms with E-state index in [2.05, 4.69) is 21.2 Å². The molecule has 0 spiro atoms. The summed E-state index contributed by atoms with van der Waals surface area (Å²) in [5.74, 6) is -0.699. The third kappa shape index (κ3) is 7.08. The average Bonchev–Trinajstić information content (AvgIpc) is 3.44. The van der Waals surface area contributed by atoms with E-state index in [0.717, 1.165) is 41.1 Å². The van der Waals surface area contributed by atoms with Gasteiger partial charge in [0.05, 0.1) is 10.6 Å². The maximum atomic E-state index is 14.0. The lowest BCUT2D eigenvalue weighted by atomic mass is 10.1. The minimum atomic E-state index is -4.08. The largest absolute Gasteiger partial charge is 0.352 e. The average molecular weight is 613 g/mol. The zero-order valence-corrected chi connectivity index (χ0v) is 24.6. The molecule has 0 aromatic heterocycles. The van der Waals surface area contributed by atoms with Gasteiger partial charge in [-0.2, -0.15) is 0 Å². The number of sulfonamides is 1. The molecule has 1 atom stereocenters. The summed E-state index contributed by atoms with van der Waals surface area (Å²) in [6.45, 7) is 3.38. The van der Waals surface area contributed by atoms with Gasteiger partial charge in [-0.05, 0) is 68.1 Å². The summed E-state index contributed by atoms with van der Waals surface area (Å²) < 4.78 is 29.4. The highest BCUT2D eigenvalue weighted by atomic mass is 79.9. The van der Waals surface area contributed by atoms with E-state index in [1.54, 1.807) is 49.4 Å². The van der Waals surface area contributed by atoms with E-state index in [1.165, 1.54) is 17.0 Å². The van der Waals surface area contributed by atoms with Crippen LogP contribution in [0, 0.1) is 6.92 Å². The summed E-state index contributed by atoms with van der Waals surface area (Å²) >= 11 is 3.41. The lowest BCUT2D eigenvalue weighted by Gasteiger charge is -2.33. The minimum absolute atomic E-state index is 0.0789. The SMILES string of the molecule is Cc1ccccc1CN(C(=O)CN(c1cccc(Br)c1)S(=O)(=O)c1ccccc1)[C@@H](C)C(=O)NC1CCCC1. The summed E-state index contributed by atoms with van der Waals surface area (Å²) in [7, 11) is -4.08. The van der Waals surface area contributed by atoms with E-state index < -0.39 is 28.5 Å². The van der Waals surface area contributed by atoms with Crippen LogP contribution in [0.25, 0.3) is 0 Å². The lowest BCUT2D eigenvalue weighted by Crippen LogP contribution is -2.52. The van der Waals surface area contributed by atoms with E-state index in [9.17, 15) is 18.0 Å². The van der Waals surface area contributed by atoms with Crippen molar-refractivity contribution in [2.75, 3.05) is 10.8 Å². The standard InChI is InChI=1S/C30H34BrN3O4S/c1-22-11-6-7-12-24(22)20-33(23(2)30(36)32-26-14-8-9-15-26)29(35)21-34(27-16-10-13-25(31)19-27)39(37,38)28-17-4-3-5-18-28/h3-7,10-13,16-19,23,26H,8-9,14-15,20-21H2,1-2H3,(H,32,36)/t23-/m0/s1. The van der Waals surface area contributed by atoms with Crippen LogP contribution in [0.2, 0.25) is 0 Å². The van der Waals surface area contributed by atoms with Crippen molar-refractivity contribution in [3.63, 3.8) is 0 Å². The van der Waals surface area contributed by atoms with Gasteiger partial charge in [-0.3, -0.25) is 13.9 Å². The molecule has 1 fully saturated rings. The number of nitrogens with one attached hydrogen (secondary N) is 1. The molecule has 39 heavy (non-hydrogen) atoms. The van der Waals surface area contributed by atoms with Crippen molar-refractivity contribution in [3.8, 4) is 0 Å². The molecule has 0 bridgehead atoms. The number of rotatable bonds is 10. The summed E-state index contributed by atoms with van der Waals surface area (Å²) in [4.78, 5) is 28.9. The van der Waals surface area contributed by atoms with Gasteiger partial charge >= 0.3 is 0 Å². The normalized spacial score (nSPS) is 14.5. The van der Waals surface area contributed by atoms with E-state index >= 15 is 0 Å². The number of benzene rings is 3. The molecule has 3 aromatic carbocycles. The van der Waals surface area contributed by atoms with Crippen LogP contribution in [0.3, 0.4) is 0 Å². The molecule has 1 N–H and O–H groups in total. The molecule has 1 aliphatic carbocycles. The van der Waals surface area contributed by atoms with Crippen LogP contribution >= 0.6 is 15.9 Å². The van der Waals surface area contributed by atoms with Gasteiger partial charge in [0, 0.05) is 17.1 Å². The van der Waals surface area contributed by atoms with E-state index in [4.69, 9.17) is 0 Å². The number of anilines is 1. The molecule has 0 saturated heterocycles. The molecule has 0 radical (unpaired) electrons. The van der Waals surface area contributed by atoms with Gasteiger partial charge in [-0.1, -0.05) is 77.3 Å².